The predicted molar refractivity (Wildman–Crippen MR) is 182 cm³/mol. The topological polar surface area (TPSA) is 107 Å². The van der Waals surface area contributed by atoms with Gasteiger partial charge in [-0.15, -0.1) is 0 Å². The van der Waals surface area contributed by atoms with Crippen LogP contribution in [0.1, 0.15) is 41.9 Å². The van der Waals surface area contributed by atoms with Crippen molar-refractivity contribution >= 4 is 28.5 Å². The van der Waals surface area contributed by atoms with Gasteiger partial charge in [0.1, 0.15) is 11.9 Å². The quantitative estimate of drug-likeness (QED) is 0.179. The van der Waals surface area contributed by atoms with Crippen LogP contribution < -0.4 is 5.32 Å². The minimum atomic E-state index is -0.361. The predicted octanol–water partition coefficient (Wildman–Crippen LogP) is 7.03. The van der Waals surface area contributed by atoms with Gasteiger partial charge < -0.3 is 19.6 Å². The molecule has 2 atom stereocenters. The summed E-state index contributed by atoms with van der Waals surface area (Å²) in [5.41, 5.74) is 5.92. The van der Waals surface area contributed by atoms with Crippen molar-refractivity contribution in [2.45, 2.75) is 31.3 Å². The Morgan fingerprint density at radius 1 is 0.957 bits per heavy atom. The summed E-state index contributed by atoms with van der Waals surface area (Å²) >= 11 is 0. The van der Waals surface area contributed by atoms with E-state index < -0.39 is 0 Å². The number of imidazole rings is 1. The molecule has 3 heterocycles. The molecule has 0 bridgehead atoms. The van der Waals surface area contributed by atoms with Gasteiger partial charge in [-0.3, -0.25) is 14.5 Å². The standard InChI is InChI=1S/C38H36N6O3/c1-43(2)35(26-13-7-4-8-14-26)38(46)44-20-10-17-32(44)36-41-30-19-18-27(23-31(30)42-36)33-24-39-37(47-33)28-15-9-16-29(22-28)40-34(45)21-25-11-5-3-6-12-25/h3-9,11-16,18-19,22-24,32,35H,10,17,20-21H2,1-2H3,(H,40,45)(H,41,42). The van der Waals surface area contributed by atoms with Crippen LogP contribution in [0.2, 0.25) is 0 Å². The number of likely N-dealkylation sites (N-methyl/N-ethyl adjacent to an activating group) is 1. The van der Waals surface area contributed by atoms with Crippen molar-refractivity contribution in [3.05, 3.63) is 126 Å². The Bertz CT molecular complexity index is 2020. The fourth-order valence-corrected chi connectivity index (χ4v) is 6.37. The molecule has 7 rings (SSSR count). The summed E-state index contributed by atoms with van der Waals surface area (Å²) in [6, 6.07) is 32.5. The molecule has 9 heteroatoms. The van der Waals surface area contributed by atoms with Gasteiger partial charge >= 0.3 is 0 Å². The lowest BCUT2D eigenvalue weighted by atomic mass is 10.0. The van der Waals surface area contributed by atoms with Gasteiger partial charge in [-0.2, -0.15) is 0 Å². The minimum Gasteiger partial charge on any atom is -0.436 e. The average Bonchev–Trinajstić information content (AvgIpc) is 3.85. The number of amides is 2. The van der Waals surface area contributed by atoms with Crippen LogP contribution in [0, 0.1) is 0 Å². The molecule has 2 amide bonds. The first-order valence-electron chi connectivity index (χ1n) is 15.8. The van der Waals surface area contributed by atoms with E-state index in [4.69, 9.17) is 9.40 Å². The zero-order valence-corrected chi connectivity index (χ0v) is 26.4. The summed E-state index contributed by atoms with van der Waals surface area (Å²) < 4.78 is 6.19. The molecule has 0 radical (unpaired) electrons. The van der Waals surface area contributed by atoms with E-state index in [1.54, 1.807) is 6.20 Å². The van der Waals surface area contributed by atoms with Gasteiger partial charge in [-0.1, -0.05) is 66.7 Å². The largest absolute Gasteiger partial charge is 0.436 e. The van der Waals surface area contributed by atoms with E-state index in [-0.39, 0.29) is 23.9 Å². The van der Waals surface area contributed by atoms with E-state index in [1.165, 1.54) is 0 Å². The average molecular weight is 625 g/mol. The first-order valence-corrected chi connectivity index (χ1v) is 15.8. The van der Waals surface area contributed by atoms with Crippen molar-refractivity contribution in [2.75, 3.05) is 26.0 Å². The molecule has 236 valence electrons. The van der Waals surface area contributed by atoms with Gasteiger partial charge in [0.05, 0.1) is 29.7 Å². The van der Waals surface area contributed by atoms with Gasteiger partial charge in [0.2, 0.25) is 17.7 Å². The Morgan fingerprint density at radius 2 is 1.74 bits per heavy atom. The van der Waals surface area contributed by atoms with Crippen molar-refractivity contribution < 1.29 is 14.0 Å². The lowest BCUT2D eigenvalue weighted by Crippen LogP contribution is -2.40. The van der Waals surface area contributed by atoms with Gasteiger partial charge in [0, 0.05) is 23.4 Å². The number of benzene rings is 4. The summed E-state index contributed by atoms with van der Waals surface area (Å²) in [6.45, 7) is 0.696. The Kier molecular flexibility index (Phi) is 8.37. The Morgan fingerprint density at radius 3 is 2.53 bits per heavy atom. The fraction of sp³-hybridized carbons (Fsp3) is 0.211. The SMILES string of the molecule is CN(C)C(C(=O)N1CCCC1c1nc2ccc(-c3cnc(-c4cccc(NC(=O)Cc5ccccc5)c4)o3)cc2[nH]1)c1ccccc1. The zero-order valence-electron chi connectivity index (χ0n) is 26.4. The molecular weight excluding hydrogens is 588 g/mol. The van der Waals surface area contributed by atoms with Crippen LogP contribution in [0.4, 0.5) is 5.69 Å². The third kappa shape index (κ3) is 6.43. The maximum Gasteiger partial charge on any atom is 0.245 e. The maximum absolute atomic E-state index is 13.9. The minimum absolute atomic E-state index is 0.0823. The molecule has 1 aliphatic rings. The van der Waals surface area contributed by atoms with Crippen molar-refractivity contribution in [1.29, 1.82) is 0 Å². The van der Waals surface area contributed by atoms with E-state index in [1.807, 2.05) is 127 Å². The highest BCUT2D eigenvalue weighted by Gasteiger charge is 2.37. The smallest absolute Gasteiger partial charge is 0.245 e. The number of anilines is 1. The number of carbonyl (C=O) groups excluding carboxylic acids is 2. The highest BCUT2D eigenvalue weighted by Crippen LogP contribution is 2.36. The van der Waals surface area contributed by atoms with Crippen LogP contribution in [0.5, 0.6) is 0 Å². The van der Waals surface area contributed by atoms with Gasteiger partial charge in [0.15, 0.2) is 5.76 Å². The number of H-pyrrole nitrogens is 1. The molecule has 2 aromatic heterocycles. The van der Waals surface area contributed by atoms with Crippen LogP contribution >= 0.6 is 0 Å². The number of hydrogen-bond acceptors (Lipinski definition) is 6. The summed E-state index contributed by atoms with van der Waals surface area (Å²) in [4.78, 5) is 43.4. The van der Waals surface area contributed by atoms with Crippen molar-refractivity contribution in [3.63, 3.8) is 0 Å². The lowest BCUT2D eigenvalue weighted by molar-refractivity contribution is -0.137. The summed E-state index contributed by atoms with van der Waals surface area (Å²) in [7, 11) is 3.89. The molecule has 0 spiro atoms. The van der Waals surface area contributed by atoms with Crippen LogP contribution in [-0.2, 0) is 16.0 Å². The molecule has 1 saturated heterocycles. The van der Waals surface area contributed by atoms with Crippen LogP contribution in [-0.4, -0.2) is 57.2 Å². The van der Waals surface area contributed by atoms with E-state index in [0.29, 0.717) is 30.3 Å². The number of oxazole rings is 1. The molecule has 1 aliphatic heterocycles. The zero-order chi connectivity index (χ0) is 32.3. The molecule has 1 fully saturated rings. The molecule has 0 aliphatic carbocycles. The monoisotopic (exact) mass is 624 g/mol. The molecular formula is C38H36N6O3. The molecule has 2 unspecified atom stereocenters. The number of aromatic nitrogens is 3. The van der Waals surface area contributed by atoms with Crippen molar-refractivity contribution in [3.8, 4) is 22.8 Å². The van der Waals surface area contributed by atoms with Crippen LogP contribution in [0.15, 0.2) is 114 Å². The highest BCUT2D eigenvalue weighted by molar-refractivity contribution is 5.93. The van der Waals surface area contributed by atoms with Gasteiger partial charge in [0.25, 0.3) is 0 Å². The molecule has 0 saturated carbocycles. The second-order valence-electron chi connectivity index (χ2n) is 12.1. The Hall–Kier alpha value is -5.54. The summed E-state index contributed by atoms with van der Waals surface area (Å²) in [5.74, 6) is 1.86. The second-order valence-corrected chi connectivity index (χ2v) is 12.1. The Balaban J connectivity index is 1.08. The summed E-state index contributed by atoms with van der Waals surface area (Å²) in [6.07, 6.45) is 3.78. The van der Waals surface area contributed by atoms with Crippen molar-refractivity contribution in [1.82, 2.24) is 24.8 Å². The molecule has 4 aromatic carbocycles. The normalized spacial score (nSPS) is 15.3. The number of hydrogen-bond donors (Lipinski definition) is 2. The Labute approximate surface area is 273 Å². The molecule has 6 aromatic rings. The van der Waals surface area contributed by atoms with Gasteiger partial charge in [-0.05, 0) is 74.5 Å². The second kappa shape index (κ2) is 13.1. The fourth-order valence-electron chi connectivity index (χ4n) is 6.37. The number of rotatable bonds is 9. The van der Waals surface area contributed by atoms with E-state index in [9.17, 15) is 9.59 Å². The summed E-state index contributed by atoms with van der Waals surface area (Å²) in [5, 5.41) is 2.97. The number of fused-ring (bicyclic) bond motifs is 1. The third-order valence-electron chi connectivity index (χ3n) is 8.61. The van der Waals surface area contributed by atoms with Gasteiger partial charge in [-0.25, -0.2) is 9.97 Å². The lowest BCUT2D eigenvalue weighted by Gasteiger charge is -2.31. The van der Waals surface area contributed by atoms with Crippen LogP contribution in [0.25, 0.3) is 33.8 Å². The number of carbonyl (C=O) groups is 2. The first-order chi connectivity index (χ1) is 22.9. The maximum atomic E-state index is 13.9. The van der Waals surface area contributed by atoms with E-state index in [0.717, 1.165) is 52.0 Å². The third-order valence-corrected chi connectivity index (χ3v) is 8.61. The number of nitrogens with one attached hydrogen (secondary N) is 2. The number of likely N-dealkylation sites (tertiary alicyclic amines) is 1. The number of aromatic amines is 1. The van der Waals surface area contributed by atoms with Crippen LogP contribution in [0.3, 0.4) is 0 Å². The van der Waals surface area contributed by atoms with E-state index >= 15 is 0 Å². The molecule has 2 N–H and O–H groups in total. The number of nitrogens with zero attached hydrogens (tertiary/aromatic N) is 4. The molecule has 47 heavy (non-hydrogen) atoms. The molecule has 9 nitrogen and oxygen atoms in total. The highest BCUT2D eigenvalue weighted by atomic mass is 16.4. The van der Waals surface area contributed by atoms with Crippen molar-refractivity contribution in [2.24, 2.45) is 0 Å². The first kappa shape index (κ1) is 30.1. The van der Waals surface area contributed by atoms with E-state index in [2.05, 4.69) is 15.3 Å².